The van der Waals surface area contributed by atoms with Gasteiger partial charge in [0.05, 0.1) is 0 Å². The highest BCUT2D eigenvalue weighted by Gasteiger charge is 2.01. The van der Waals surface area contributed by atoms with Crippen LogP contribution in [0.1, 0.15) is 11.1 Å². The SMILES string of the molecule is CNc1cc(Nc2ccc(C)cc2C)ncn1. The van der Waals surface area contributed by atoms with Crippen molar-refractivity contribution in [2.24, 2.45) is 0 Å². The molecule has 0 aliphatic heterocycles. The summed E-state index contributed by atoms with van der Waals surface area (Å²) in [6, 6.07) is 8.16. The van der Waals surface area contributed by atoms with E-state index in [4.69, 9.17) is 0 Å². The van der Waals surface area contributed by atoms with Crippen molar-refractivity contribution in [2.45, 2.75) is 13.8 Å². The zero-order chi connectivity index (χ0) is 12.3. The first-order valence-corrected chi connectivity index (χ1v) is 5.53. The topological polar surface area (TPSA) is 49.8 Å². The minimum absolute atomic E-state index is 0.788. The first-order valence-electron chi connectivity index (χ1n) is 5.53. The Balaban J connectivity index is 2.25. The van der Waals surface area contributed by atoms with Gasteiger partial charge in [0.25, 0.3) is 0 Å². The van der Waals surface area contributed by atoms with Crippen LogP contribution < -0.4 is 10.6 Å². The van der Waals surface area contributed by atoms with E-state index in [1.54, 1.807) is 0 Å². The largest absolute Gasteiger partial charge is 0.373 e. The Bertz CT molecular complexity index is 523. The van der Waals surface area contributed by atoms with Crippen LogP contribution in [0.15, 0.2) is 30.6 Å². The molecule has 1 aromatic heterocycles. The van der Waals surface area contributed by atoms with Gasteiger partial charge >= 0.3 is 0 Å². The minimum atomic E-state index is 0.788. The summed E-state index contributed by atoms with van der Waals surface area (Å²) in [5.41, 5.74) is 3.53. The lowest BCUT2D eigenvalue weighted by Gasteiger charge is -2.10. The molecular formula is C13H16N4. The Kier molecular flexibility index (Phi) is 3.23. The second-order valence-electron chi connectivity index (χ2n) is 3.98. The molecule has 0 unspecified atom stereocenters. The van der Waals surface area contributed by atoms with E-state index in [9.17, 15) is 0 Å². The Hall–Kier alpha value is -2.10. The van der Waals surface area contributed by atoms with E-state index in [0.717, 1.165) is 17.3 Å². The third-order valence-electron chi connectivity index (χ3n) is 2.57. The molecule has 0 aliphatic carbocycles. The summed E-state index contributed by atoms with van der Waals surface area (Å²) in [6.07, 6.45) is 1.54. The zero-order valence-electron chi connectivity index (χ0n) is 10.3. The first kappa shape index (κ1) is 11.4. The quantitative estimate of drug-likeness (QED) is 0.848. The van der Waals surface area contributed by atoms with E-state index < -0.39 is 0 Å². The van der Waals surface area contributed by atoms with Crippen LogP contribution in [-0.4, -0.2) is 17.0 Å². The predicted molar refractivity (Wildman–Crippen MR) is 70.8 cm³/mol. The van der Waals surface area contributed by atoms with Gasteiger partial charge in [0.1, 0.15) is 18.0 Å². The van der Waals surface area contributed by atoms with Crippen molar-refractivity contribution in [3.63, 3.8) is 0 Å². The van der Waals surface area contributed by atoms with Crippen LogP contribution in [0.25, 0.3) is 0 Å². The molecule has 0 fully saturated rings. The van der Waals surface area contributed by atoms with Crippen LogP contribution in [0, 0.1) is 13.8 Å². The molecule has 0 spiro atoms. The van der Waals surface area contributed by atoms with Gasteiger partial charge in [-0.1, -0.05) is 17.7 Å². The monoisotopic (exact) mass is 228 g/mol. The molecule has 2 rings (SSSR count). The van der Waals surface area contributed by atoms with E-state index in [-0.39, 0.29) is 0 Å². The highest BCUT2D eigenvalue weighted by molar-refractivity contribution is 5.62. The second-order valence-corrected chi connectivity index (χ2v) is 3.98. The van der Waals surface area contributed by atoms with Gasteiger partial charge in [0.2, 0.25) is 0 Å². The Morgan fingerprint density at radius 3 is 2.47 bits per heavy atom. The summed E-state index contributed by atoms with van der Waals surface area (Å²) in [5, 5.41) is 6.27. The number of benzene rings is 1. The van der Waals surface area contributed by atoms with Gasteiger partial charge in [0.15, 0.2) is 0 Å². The van der Waals surface area contributed by atoms with E-state index >= 15 is 0 Å². The molecule has 0 aliphatic rings. The van der Waals surface area contributed by atoms with Crippen LogP contribution in [0.3, 0.4) is 0 Å². The lowest BCUT2D eigenvalue weighted by molar-refractivity contribution is 1.16. The van der Waals surface area contributed by atoms with Crippen molar-refractivity contribution in [3.8, 4) is 0 Å². The molecule has 0 amide bonds. The van der Waals surface area contributed by atoms with Crippen molar-refractivity contribution in [2.75, 3.05) is 17.7 Å². The maximum absolute atomic E-state index is 4.18. The fourth-order valence-corrected chi connectivity index (χ4v) is 1.65. The van der Waals surface area contributed by atoms with E-state index in [1.807, 2.05) is 13.1 Å². The van der Waals surface area contributed by atoms with Gasteiger partial charge in [-0.3, -0.25) is 0 Å². The average Bonchev–Trinajstić information content (AvgIpc) is 2.33. The van der Waals surface area contributed by atoms with Crippen molar-refractivity contribution >= 4 is 17.3 Å². The van der Waals surface area contributed by atoms with Crippen molar-refractivity contribution in [3.05, 3.63) is 41.7 Å². The summed E-state index contributed by atoms with van der Waals surface area (Å²) in [6.45, 7) is 4.16. The predicted octanol–water partition coefficient (Wildman–Crippen LogP) is 2.88. The Morgan fingerprint density at radius 2 is 1.76 bits per heavy atom. The molecular weight excluding hydrogens is 212 g/mol. The molecule has 2 aromatic rings. The number of aromatic nitrogens is 2. The molecule has 2 N–H and O–H groups in total. The standard InChI is InChI=1S/C13H16N4/c1-9-4-5-11(10(2)6-9)17-13-7-12(14-3)15-8-16-13/h4-8H,1-3H3,(H2,14,15,16,17). The normalized spacial score (nSPS) is 10.1. The number of rotatable bonds is 3. The molecule has 1 aromatic carbocycles. The fourth-order valence-electron chi connectivity index (χ4n) is 1.65. The van der Waals surface area contributed by atoms with Crippen LogP contribution in [-0.2, 0) is 0 Å². The maximum atomic E-state index is 4.18. The fraction of sp³-hybridized carbons (Fsp3) is 0.231. The minimum Gasteiger partial charge on any atom is -0.373 e. The van der Waals surface area contributed by atoms with Crippen molar-refractivity contribution in [1.29, 1.82) is 0 Å². The smallest absolute Gasteiger partial charge is 0.135 e. The molecule has 0 bridgehead atoms. The average molecular weight is 228 g/mol. The Morgan fingerprint density at radius 1 is 1.00 bits per heavy atom. The molecule has 0 atom stereocenters. The van der Waals surface area contributed by atoms with Gasteiger partial charge < -0.3 is 10.6 Å². The summed E-state index contributed by atoms with van der Waals surface area (Å²) in [5.74, 6) is 1.59. The maximum Gasteiger partial charge on any atom is 0.135 e. The number of hydrogen-bond donors (Lipinski definition) is 2. The number of anilines is 3. The summed E-state index contributed by atoms with van der Waals surface area (Å²) < 4.78 is 0. The summed E-state index contributed by atoms with van der Waals surface area (Å²) >= 11 is 0. The van der Waals surface area contributed by atoms with E-state index in [1.165, 1.54) is 17.5 Å². The van der Waals surface area contributed by atoms with Crippen LogP contribution >= 0.6 is 0 Å². The zero-order valence-corrected chi connectivity index (χ0v) is 10.3. The Labute approximate surface area is 101 Å². The molecule has 4 nitrogen and oxygen atoms in total. The second kappa shape index (κ2) is 4.82. The summed E-state index contributed by atoms with van der Waals surface area (Å²) in [7, 11) is 1.84. The molecule has 88 valence electrons. The van der Waals surface area contributed by atoms with Crippen LogP contribution in [0.4, 0.5) is 17.3 Å². The van der Waals surface area contributed by atoms with Gasteiger partial charge in [-0.15, -0.1) is 0 Å². The third kappa shape index (κ3) is 2.72. The highest BCUT2D eigenvalue weighted by Crippen LogP contribution is 2.20. The lowest BCUT2D eigenvalue weighted by atomic mass is 10.1. The van der Waals surface area contributed by atoms with Gasteiger partial charge in [-0.25, -0.2) is 9.97 Å². The van der Waals surface area contributed by atoms with Crippen LogP contribution in [0.2, 0.25) is 0 Å². The molecule has 4 heteroatoms. The molecule has 1 heterocycles. The van der Waals surface area contributed by atoms with Gasteiger partial charge in [0, 0.05) is 18.8 Å². The summed E-state index contributed by atoms with van der Waals surface area (Å²) in [4.78, 5) is 8.26. The lowest BCUT2D eigenvalue weighted by Crippen LogP contribution is -1.99. The number of hydrogen-bond acceptors (Lipinski definition) is 4. The van der Waals surface area contributed by atoms with Crippen LogP contribution in [0.5, 0.6) is 0 Å². The van der Waals surface area contributed by atoms with Crippen molar-refractivity contribution in [1.82, 2.24) is 9.97 Å². The number of nitrogens with zero attached hydrogens (tertiary/aromatic N) is 2. The molecule has 0 saturated heterocycles. The molecule has 0 saturated carbocycles. The van der Waals surface area contributed by atoms with Crippen molar-refractivity contribution < 1.29 is 0 Å². The third-order valence-corrected chi connectivity index (χ3v) is 2.57. The van der Waals surface area contributed by atoms with Gasteiger partial charge in [-0.2, -0.15) is 0 Å². The molecule has 17 heavy (non-hydrogen) atoms. The first-order chi connectivity index (χ1) is 8.19. The van der Waals surface area contributed by atoms with E-state index in [2.05, 4.69) is 52.6 Å². The number of nitrogens with one attached hydrogen (secondary N) is 2. The molecule has 0 radical (unpaired) electrons. The van der Waals surface area contributed by atoms with E-state index in [0.29, 0.717) is 0 Å². The van der Waals surface area contributed by atoms with Gasteiger partial charge in [-0.05, 0) is 25.5 Å². The number of aryl methyl sites for hydroxylation is 2. The highest BCUT2D eigenvalue weighted by atomic mass is 15.1.